The van der Waals surface area contributed by atoms with Crippen molar-refractivity contribution in [2.24, 2.45) is 5.92 Å². The van der Waals surface area contributed by atoms with Gasteiger partial charge in [-0.15, -0.1) is 0 Å². The minimum absolute atomic E-state index is 0.171. The lowest BCUT2D eigenvalue weighted by Crippen LogP contribution is -2.51. The monoisotopic (exact) mass is 294 g/mol. The fourth-order valence-corrected chi connectivity index (χ4v) is 1.55. The summed E-state index contributed by atoms with van der Waals surface area (Å²) in [6.45, 7) is 5.06. The van der Waals surface area contributed by atoms with Gasteiger partial charge < -0.3 is 0 Å². The summed E-state index contributed by atoms with van der Waals surface area (Å²) >= 11 is 0. The van der Waals surface area contributed by atoms with E-state index in [-0.39, 0.29) is 5.92 Å². The lowest BCUT2D eigenvalue weighted by atomic mass is 9.94. The zero-order chi connectivity index (χ0) is 15.5. The molecule has 0 fully saturated rings. The average Bonchev–Trinajstić information content (AvgIpc) is 2.21. The van der Waals surface area contributed by atoms with Gasteiger partial charge in [0.15, 0.2) is 0 Å². The van der Waals surface area contributed by atoms with E-state index in [2.05, 4.69) is 0 Å². The molecule has 0 saturated heterocycles. The van der Waals surface area contributed by atoms with Gasteiger partial charge in [0.25, 0.3) is 0 Å². The molecule has 0 aromatic heterocycles. The van der Waals surface area contributed by atoms with Crippen LogP contribution in [0.2, 0.25) is 0 Å². The molecular weight excluding hydrogens is 277 g/mol. The molecule has 0 unspecified atom stereocenters. The summed E-state index contributed by atoms with van der Waals surface area (Å²) in [4.78, 5) is 0. The molecule has 7 heteroatoms. The van der Waals surface area contributed by atoms with Crippen LogP contribution in [-0.4, -0.2) is 18.0 Å². The highest BCUT2D eigenvalue weighted by molar-refractivity contribution is 5.06. The molecule has 0 saturated carbocycles. The molecule has 0 bridgehead atoms. The highest BCUT2D eigenvalue weighted by Gasteiger charge is 2.72. The molecule has 0 N–H and O–H groups in total. The van der Waals surface area contributed by atoms with Gasteiger partial charge in [-0.1, -0.05) is 32.4 Å². The second-order valence-corrected chi connectivity index (χ2v) is 4.62. The molecule has 0 aliphatic rings. The zero-order valence-electron chi connectivity index (χ0n) is 10.9. The lowest BCUT2D eigenvalue weighted by molar-refractivity contribution is -0.355. The van der Waals surface area contributed by atoms with Gasteiger partial charge in [-0.25, -0.2) is 0 Å². The predicted molar refractivity (Wildman–Crippen MR) is 58.4 cm³/mol. The summed E-state index contributed by atoms with van der Waals surface area (Å²) in [5.74, 6) is -11.3. The van der Waals surface area contributed by atoms with Crippen molar-refractivity contribution in [2.45, 2.75) is 58.1 Å². The van der Waals surface area contributed by atoms with Crippen LogP contribution >= 0.6 is 0 Å². The third-order valence-corrected chi connectivity index (χ3v) is 2.75. The van der Waals surface area contributed by atoms with Gasteiger partial charge in [-0.3, -0.25) is 0 Å². The summed E-state index contributed by atoms with van der Waals surface area (Å²) in [6, 6.07) is 0. The SMILES string of the molecule is CC/C=C(/CCC(F)(F)C(F)(F)C(F)(F)F)C(C)C. The van der Waals surface area contributed by atoms with Crippen LogP contribution in [0.1, 0.15) is 40.0 Å². The molecule has 0 amide bonds. The van der Waals surface area contributed by atoms with Crippen LogP contribution < -0.4 is 0 Å². The van der Waals surface area contributed by atoms with Crippen LogP contribution in [0.5, 0.6) is 0 Å². The van der Waals surface area contributed by atoms with E-state index in [0.29, 0.717) is 12.0 Å². The first-order valence-electron chi connectivity index (χ1n) is 5.88. The largest absolute Gasteiger partial charge is 0.459 e. The fourth-order valence-electron chi connectivity index (χ4n) is 1.55. The second kappa shape index (κ2) is 6.13. The minimum atomic E-state index is -6.25. The molecule has 0 atom stereocenters. The van der Waals surface area contributed by atoms with Gasteiger partial charge in [0.1, 0.15) is 0 Å². The van der Waals surface area contributed by atoms with Crippen molar-refractivity contribution >= 4 is 0 Å². The van der Waals surface area contributed by atoms with Gasteiger partial charge in [0.05, 0.1) is 0 Å². The standard InChI is InChI=1S/C12H17F7/c1-4-5-9(8(2)3)6-7-10(13,14)11(15,16)12(17,18)19/h5,8H,4,6-7H2,1-3H3/b9-5-. The molecule has 0 heterocycles. The molecule has 0 nitrogen and oxygen atoms in total. The number of allylic oxidation sites excluding steroid dienone is 2. The fraction of sp³-hybridized carbons (Fsp3) is 0.833. The molecule has 19 heavy (non-hydrogen) atoms. The van der Waals surface area contributed by atoms with Crippen molar-refractivity contribution in [1.29, 1.82) is 0 Å². The van der Waals surface area contributed by atoms with Gasteiger partial charge in [0.2, 0.25) is 0 Å². The van der Waals surface area contributed by atoms with E-state index in [1.807, 2.05) is 0 Å². The molecule has 0 aliphatic carbocycles. The Kier molecular flexibility index (Phi) is 5.89. The average molecular weight is 294 g/mol. The van der Waals surface area contributed by atoms with Gasteiger partial charge in [0, 0.05) is 6.42 Å². The van der Waals surface area contributed by atoms with E-state index < -0.39 is 30.9 Å². The van der Waals surface area contributed by atoms with E-state index >= 15 is 0 Å². The quantitative estimate of drug-likeness (QED) is 0.442. The van der Waals surface area contributed by atoms with Crippen molar-refractivity contribution < 1.29 is 30.7 Å². The van der Waals surface area contributed by atoms with Crippen LogP contribution in [0.3, 0.4) is 0 Å². The van der Waals surface area contributed by atoms with Crippen molar-refractivity contribution in [3.8, 4) is 0 Å². The van der Waals surface area contributed by atoms with Crippen molar-refractivity contribution in [3.63, 3.8) is 0 Å². The summed E-state index contributed by atoms with van der Waals surface area (Å²) in [5, 5.41) is 0. The number of rotatable bonds is 6. The smallest absolute Gasteiger partial charge is 0.199 e. The summed E-state index contributed by atoms with van der Waals surface area (Å²) in [7, 11) is 0. The van der Waals surface area contributed by atoms with E-state index in [9.17, 15) is 30.7 Å². The first-order chi connectivity index (χ1) is 8.37. The third kappa shape index (κ3) is 4.38. The minimum Gasteiger partial charge on any atom is -0.199 e. The van der Waals surface area contributed by atoms with E-state index in [0.717, 1.165) is 0 Å². The topological polar surface area (TPSA) is 0 Å². The lowest BCUT2D eigenvalue weighted by Gasteiger charge is -2.28. The molecule has 0 aromatic carbocycles. The Morgan fingerprint density at radius 2 is 1.47 bits per heavy atom. The van der Waals surface area contributed by atoms with Gasteiger partial charge >= 0.3 is 18.0 Å². The van der Waals surface area contributed by atoms with Crippen molar-refractivity contribution in [1.82, 2.24) is 0 Å². The third-order valence-electron chi connectivity index (χ3n) is 2.75. The van der Waals surface area contributed by atoms with Crippen molar-refractivity contribution in [2.75, 3.05) is 0 Å². The molecule has 0 radical (unpaired) electrons. The maximum Gasteiger partial charge on any atom is 0.459 e. The number of alkyl halides is 7. The summed E-state index contributed by atoms with van der Waals surface area (Å²) < 4.78 is 87.2. The highest BCUT2D eigenvalue weighted by atomic mass is 19.4. The maximum absolute atomic E-state index is 13.1. The first kappa shape index (κ1) is 18.2. The van der Waals surface area contributed by atoms with Gasteiger partial charge in [-0.05, 0) is 18.8 Å². The normalized spacial score (nSPS) is 15.2. The number of hydrogen-bond donors (Lipinski definition) is 0. The van der Waals surface area contributed by atoms with E-state index in [1.165, 1.54) is 0 Å². The summed E-state index contributed by atoms with van der Waals surface area (Å²) in [6.07, 6.45) is -6.17. The molecule has 114 valence electrons. The second-order valence-electron chi connectivity index (χ2n) is 4.62. The van der Waals surface area contributed by atoms with Crippen LogP contribution in [-0.2, 0) is 0 Å². The number of hydrogen-bond acceptors (Lipinski definition) is 0. The van der Waals surface area contributed by atoms with E-state index in [4.69, 9.17) is 0 Å². The Labute approximate surface area is 107 Å². The summed E-state index contributed by atoms with van der Waals surface area (Å²) in [5.41, 5.74) is 0.458. The highest BCUT2D eigenvalue weighted by Crippen LogP contribution is 2.48. The molecular formula is C12H17F7. The van der Waals surface area contributed by atoms with E-state index in [1.54, 1.807) is 26.8 Å². The first-order valence-corrected chi connectivity index (χ1v) is 5.88. The molecule has 0 spiro atoms. The maximum atomic E-state index is 13.1. The van der Waals surface area contributed by atoms with Crippen LogP contribution in [0.25, 0.3) is 0 Å². The van der Waals surface area contributed by atoms with Crippen LogP contribution in [0.4, 0.5) is 30.7 Å². The molecule has 0 rings (SSSR count). The Hall–Kier alpha value is -0.750. The Morgan fingerprint density at radius 1 is 1.00 bits per heavy atom. The van der Waals surface area contributed by atoms with Crippen molar-refractivity contribution in [3.05, 3.63) is 11.6 Å². The Bertz CT molecular complexity index is 313. The molecule has 0 aromatic rings. The Morgan fingerprint density at radius 3 is 1.79 bits per heavy atom. The zero-order valence-corrected chi connectivity index (χ0v) is 10.9. The predicted octanol–water partition coefficient (Wildman–Crippen LogP) is 5.59. The van der Waals surface area contributed by atoms with Crippen LogP contribution in [0.15, 0.2) is 11.6 Å². The van der Waals surface area contributed by atoms with Gasteiger partial charge in [-0.2, -0.15) is 30.7 Å². The van der Waals surface area contributed by atoms with Crippen LogP contribution in [0, 0.1) is 5.92 Å². The molecule has 0 aliphatic heterocycles. The Balaban J connectivity index is 4.93. The number of halogens is 7.